The molecule has 0 aliphatic carbocycles. The molecular formula is C12H17FN2O2. The first kappa shape index (κ1) is 13.4. The van der Waals surface area contributed by atoms with E-state index < -0.39 is 23.3 Å². The van der Waals surface area contributed by atoms with Crippen LogP contribution in [0.3, 0.4) is 0 Å². The zero-order chi connectivity index (χ0) is 13.2. The molecule has 0 bridgehead atoms. The summed E-state index contributed by atoms with van der Waals surface area (Å²) in [6.45, 7) is 4.98. The number of phenolic OH excluding ortho intramolecular Hbond substituents is 1. The molecule has 0 aliphatic rings. The van der Waals surface area contributed by atoms with Crippen molar-refractivity contribution in [3.63, 3.8) is 0 Å². The predicted molar refractivity (Wildman–Crippen MR) is 62.9 cm³/mol. The number of rotatable bonds is 4. The number of aromatic hydroxyl groups is 1. The highest BCUT2D eigenvalue weighted by Crippen LogP contribution is 2.26. The van der Waals surface area contributed by atoms with Gasteiger partial charge < -0.3 is 10.8 Å². The summed E-state index contributed by atoms with van der Waals surface area (Å²) in [5.41, 5.74) is 4.68. The maximum atomic E-state index is 13.1. The number of hydrogen-bond donors (Lipinski definition) is 3. The molecule has 0 aromatic heterocycles. The van der Waals surface area contributed by atoms with Crippen LogP contribution >= 0.6 is 0 Å². The van der Waals surface area contributed by atoms with Gasteiger partial charge in [0.1, 0.15) is 11.6 Å². The van der Waals surface area contributed by atoms with E-state index in [1.807, 2.05) is 0 Å². The number of hydrogen-bond acceptors (Lipinski definition) is 3. The molecule has 1 rings (SSSR count). The predicted octanol–water partition coefficient (Wildman–Crippen LogP) is 1.45. The topological polar surface area (TPSA) is 75.3 Å². The maximum Gasteiger partial charge on any atom is 0.237 e. The maximum absolute atomic E-state index is 13.1. The lowest BCUT2D eigenvalue weighted by molar-refractivity contribution is -0.123. The summed E-state index contributed by atoms with van der Waals surface area (Å²) in [7, 11) is 0. The molecule has 0 spiro atoms. The number of nitrogens with two attached hydrogens (primary N) is 1. The Balaban J connectivity index is 2.94. The molecule has 0 heterocycles. The van der Waals surface area contributed by atoms with Crippen molar-refractivity contribution in [1.29, 1.82) is 0 Å². The highest BCUT2D eigenvalue weighted by Gasteiger charge is 2.27. The summed E-state index contributed by atoms with van der Waals surface area (Å²) in [6.07, 6.45) is 0. The minimum atomic E-state index is -0.932. The Hall–Kier alpha value is -1.62. The molecule has 17 heavy (non-hydrogen) atoms. The molecule has 0 saturated carbocycles. The van der Waals surface area contributed by atoms with E-state index >= 15 is 0 Å². The summed E-state index contributed by atoms with van der Waals surface area (Å²) in [5, 5.41) is 12.6. The number of carbonyl (C=O) groups is 1. The largest absolute Gasteiger partial charge is 0.508 e. The molecule has 0 fully saturated rings. The number of benzene rings is 1. The van der Waals surface area contributed by atoms with E-state index in [-0.39, 0.29) is 5.75 Å². The van der Waals surface area contributed by atoms with Crippen LogP contribution in [0.4, 0.5) is 4.39 Å². The van der Waals surface area contributed by atoms with Crippen molar-refractivity contribution >= 4 is 5.91 Å². The summed E-state index contributed by atoms with van der Waals surface area (Å²) in [5.74, 6) is -0.977. The van der Waals surface area contributed by atoms with Gasteiger partial charge in [0, 0.05) is 11.6 Å². The second-order valence-electron chi connectivity index (χ2n) is 4.56. The first-order chi connectivity index (χ1) is 7.74. The van der Waals surface area contributed by atoms with Gasteiger partial charge in [-0.05, 0) is 39.0 Å². The molecular weight excluding hydrogens is 223 g/mol. The van der Waals surface area contributed by atoms with E-state index in [1.54, 1.807) is 20.8 Å². The molecule has 94 valence electrons. The number of primary amides is 1. The Labute approximate surface area is 99.6 Å². The molecule has 1 amide bonds. The highest BCUT2D eigenvalue weighted by atomic mass is 19.1. The fraction of sp³-hybridized carbons (Fsp3) is 0.417. The van der Waals surface area contributed by atoms with Crippen LogP contribution in [-0.4, -0.2) is 16.6 Å². The van der Waals surface area contributed by atoms with E-state index in [9.17, 15) is 14.3 Å². The van der Waals surface area contributed by atoms with Gasteiger partial charge in [0.2, 0.25) is 5.91 Å². The van der Waals surface area contributed by atoms with E-state index in [2.05, 4.69) is 5.32 Å². The lowest BCUT2D eigenvalue weighted by atomic mass is 10.00. The van der Waals surface area contributed by atoms with Crippen LogP contribution in [0.2, 0.25) is 0 Å². The third-order valence-corrected chi connectivity index (χ3v) is 2.65. The molecule has 1 aromatic rings. The Morgan fingerprint density at radius 2 is 2.12 bits per heavy atom. The SMILES string of the molecule is CC(NC(C)(C)C(N)=O)c1cc(F)ccc1O. The van der Waals surface area contributed by atoms with Crippen molar-refractivity contribution in [1.82, 2.24) is 5.32 Å². The number of halogens is 1. The standard InChI is InChI=1S/C12H17FN2O2/c1-7(15-12(2,3)11(14)17)9-6-8(13)4-5-10(9)16/h4-7,15-16H,1-3H3,(H2,14,17). The van der Waals surface area contributed by atoms with Crippen LogP contribution in [0.25, 0.3) is 0 Å². The van der Waals surface area contributed by atoms with Gasteiger partial charge in [-0.2, -0.15) is 0 Å². The van der Waals surface area contributed by atoms with Crippen molar-refractivity contribution in [3.8, 4) is 5.75 Å². The van der Waals surface area contributed by atoms with Gasteiger partial charge in [0.05, 0.1) is 5.54 Å². The van der Waals surface area contributed by atoms with E-state index in [0.29, 0.717) is 5.56 Å². The third kappa shape index (κ3) is 3.17. The summed E-state index contributed by atoms with van der Waals surface area (Å²) < 4.78 is 13.1. The summed E-state index contributed by atoms with van der Waals surface area (Å²) >= 11 is 0. The van der Waals surface area contributed by atoms with Crippen LogP contribution in [-0.2, 0) is 4.79 Å². The summed E-state index contributed by atoms with van der Waals surface area (Å²) in [6, 6.07) is 3.28. The van der Waals surface area contributed by atoms with Crippen LogP contribution < -0.4 is 11.1 Å². The van der Waals surface area contributed by atoms with Crippen LogP contribution in [0.1, 0.15) is 32.4 Å². The smallest absolute Gasteiger partial charge is 0.237 e. The van der Waals surface area contributed by atoms with Crippen molar-refractivity contribution in [2.24, 2.45) is 5.73 Å². The molecule has 0 saturated heterocycles. The molecule has 4 N–H and O–H groups in total. The quantitative estimate of drug-likeness (QED) is 0.745. The van der Waals surface area contributed by atoms with Gasteiger partial charge in [0.25, 0.3) is 0 Å². The van der Waals surface area contributed by atoms with Crippen molar-refractivity contribution in [2.75, 3.05) is 0 Å². The molecule has 1 unspecified atom stereocenters. The molecule has 1 aromatic carbocycles. The van der Waals surface area contributed by atoms with E-state index in [1.165, 1.54) is 18.2 Å². The molecule has 5 heteroatoms. The number of amides is 1. The van der Waals surface area contributed by atoms with E-state index in [0.717, 1.165) is 0 Å². The fourth-order valence-electron chi connectivity index (χ4n) is 1.56. The normalized spacial score (nSPS) is 13.4. The van der Waals surface area contributed by atoms with Gasteiger partial charge in [-0.1, -0.05) is 0 Å². The molecule has 4 nitrogen and oxygen atoms in total. The van der Waals surface area contributed by atoms with E-state index in [4.69, 9.17) is 5.73 Å². The Morgan fingerprint density at radius 3 is 2.65 bits per heavy atom. The number of carbonyl (C=O) groups excluding carboxylic acids is 1. The lowest BCUT2D eigenvalue weighted by Crippen LogP contribution is -2.51. The monoisotopic (exact) mass is 240 g/mol. The minimum Gasteiger partial charge on any atom is -0.508 e. The zero-order valence-corrected chi connectivity index (χ0v) is 10.1. The Morgan fingerprint density at radius 1 is 1.53 bits per heavy atom. The van der Waals surface area contributed by atoms with Gasteiger partial charge in [-0.15, -0.1) is 0 Å². The van der Waals surface area contributed by atoms with Gasteiger partial charge >= 0.3 is 0 Å². The first-order valence-electron chi connectivity index (χ1n) is 5.30. The Kier molecular flexibility index (Phi) is 3.72. The number of phenols is 1. The fourth-order valence-corrected chi connectivity index (χ4v) is 1.56. The second kappa shape index (κ2) is 4.71. The van der Waals surface area contributed by atoms with Gasteiger partial charge in [0.15, 0.2) is 0 Å². The average molecular weight is 240 g/mol. The van der Waals surface area contributed by atoms with Crippen LogP contribution in [0.15, 0.2) is 18.2 Å². The zero-order valence-electron chi connectivity index (χ0n) is 10.1. The number of nitrogens with one attached hydrogen (secondary N) is 1. The van der Waals surface area contributed by atoms with Crippen molar-refractivity contribution in [2.45, 2.75) is 32.4 Å². The van der Waals surface area contributed by atoms with Crippen molar-refractivity contribution < 1.29 is 14.3 Å². The van der Waals surface area contributed by atoms with Crippen LogP contribution in [0.5, 0.6) is 5.75 Å². The third-order valence-electron chi connectivity index (χ3n) is 2.65. The lowest BCUT2D eigenvalue weighted by Gasteiger charge is -2.27. The van der Waals surface area contributed by atoms with Crippen LogP contribution in [0, 0.1) is 5.82 Å². The highest BCUT2D eigenvalue weighted by molar-refractivity contribution is 5.83. The second-order valence-corrected chi connectivity index (χ2v) is 4.56. The molecule has 1 atom stereocenters. The average Bonchev–Trinajstić information content (AvgIpc) is 2.20. The van der Waals surface area contributed by atoms with Crippen molar-refractivity contribution in [3.05, 3.63) is 29.6 Å². The van der Waals surface area contributed by atoms with Gasteiger partial charge in [-0.25, -0.2) is 4.39 Å². The van der Waals surface area contributed by atoms with Gasteiger partial charge in [-0.3, -0.25) is 10.1 Å². The molecule has 0 radical (unpaired) electrons. The summed E-state index contributed by atoms with van der Waals surface area (Å²) in [4.78, 5) is 11.2. The Bertz CT molecular complexity index is 433. The molecule has 0 aliphatic heterocycles. The first-order valence-corrected chi connectivity index (χ1v) is 5.30. The minimum absolute atomic E-state index is 0.0216.